The van der Waals surface area contributed by atoms with Crippen molar-refractivity contribution >= 4 is 0 Å². The van der Waals surface area contributed by atoms with E-state index in [-0.39, 0.29) is 0 Å². The van der Waals surface area contributed by atoms with E-state index < -0.39 is 0 Å². The number of likely N-dealkylation sites (N-methyl/N-ethyl adjacent to an activating group) is 1. The van der Waals surface area contributed by atoms with E-state index in [9.17, 15) is 0 Å². The fourth-order valence-electron chi connectivity index (χ4n) is 2.18. The van der Waals surface area contributed by atoms with Gasteiger partial charge in [-0.1, -0.05) is 31.2 Å². The van der Waals surface area contributed by atoms with E-state index in [0.29, 0.717) is 5.41 Å². The molecule has 0 amide bonds. The molecular weight excluding hydrogens is 170 g/mol. The Morgan fingerprint density at radius 1 is 1.36 bits per heavy atom. The Bertz CT molecular complexity index is 313. The first-order valence-electron chi connectivity index (χ1n) is 5.55. The summed E-state index contributed by atoms with van der Waals surface area (Å²) in [7, 11) is 2.05. The zero-order chi connectivity index (χ0) is 10.0. The van der Waals surface area contributed by atoms with Gasteiger partial charge in [-0.15, -0.1) is 0 Å². The van der Waals surface area contributed by atoms with Crippen LogP contribution in [0.15, 0.2) is 24.3 Å². The molecule has 1 heteroatoms. The molecule has 0 aliphatic heterocycles. The van der Waals surface area contributed by atoms with Gasteiger partial charge in [-0.3, -0.25) is 0 Å². The van der Waals surface area contributed by atoms with Crippen molar-refractivity contribution in [2.45, 2.75) is 31.6 Å². The smallest absolute Gasteiger partial charge is 0.00784 e. The van der Waals surface area contributed by atoms with Crippen molar-refractivity contribution in [3.05, 3.63) is 35.4 Å². The molecule has 0 saturated heterocycles. The quantitative estimate of drug-likeness (QED) is 0.767. The lowest BCUT2D eigenvalue weighted by molar-refractivity contribution is 0.623. The van der Waals surface area contributed by atoms with E-state index in [4.69, 9.17) is 0 Å². The van der Waals surface area contributed by atoms with Crippen LogP contribution in [0.5, 0.6) is 0 Å². The molecule has 0 atom stereocenters. The van der Waals surface area contributed by atoms with Gasteiger partial charge < -0.3 is 5.32 Å². The van der Waals surface area contributed by atoms with Gasteiger partial charge in [-0.25, -0.2) is 0 Å². The topological polar surface area (TPSA) is 12.0 Å². The van der Waals surface area contributed by atoms with Gasteiger partial charge in [0.25, 0.3) is 0 Å². The molecule has 0 aromatic heterocycles. The molecule has 1 aromatic carbocycles. The maximum atomic E-state index is 3.31. The highest BCUT2D eigenvalue weighted by molar-refractivity contribution is 5.35. The summed E-state index contributed by atoms with van der Waals surface area (Å²) in [4.78, 5) is 0. The van der Waals surface area contributed by atoms with Crippen LogP contribution in [-0.4, -0.2) is 13.6 Å². The Morgan fingerprint density at radius 3 is 2.71 bits per heavy atom. The van der Waals surface area contributed by atoms with Crippen molar-refractivity contribution < 1.29 is 0 Å². The average Bonchev–Trinajstić information content (AvgIpc) is 3.00. The van der Waals surface area contributed by atoms with E-state index >= 15 is 0 Å². The zero-order valence-electron chi connectivity index (χ0n) is 9.14. The first-order chi connectivity index (χ1) is 6.80. The summed E-state index contributed by atoms with van der Waals surface area (Å²) in [6.45, 7) is 3.34. The summed E-state index contributed by atoms with van der Waals surface area (Å²) < 4.78 is 0. The summed E-state index contributed by atoms with van der Waals surface area (Å²) in [5, 5.41) is 3.31. The lowest BCUT2D eigenvalue weighted by atomic mass is 9.94. The van der Waals surface area contributed by atoms with Gasteiger partial charge in [0.2, 0.25) is 0 Å². The van der Waals surface area contributed by atoms with Crippen molar-refractivity contribution in [3.63, 3.8) is 0 Å². The van der Waals surface area contributed by atoms with Crippen LogP contribution in [0.1, 0.15) is 30.9 Å². The van der Waals surface area contributed by atoms with Crippen LogP contribution in [0.3, 0.4) is 0 Å². The van der Waals surface area contributed by atoms with Gasteiger partial charge in [0, 0.05) is 12.0 Å². The van der Waals surface area contributed by atoms with Crippen LogP contribution in [0.25, 0.3) is 0 Å². The third-order valence-corrected chi connectivity index (χ3v) is 3.32. The summed E-state index contributed by atoms with van der Waals surface area (Å²) in [6, 6.07) is 9.08. The molecule has 1 aromatic rings. The van der Waals surface area contributed by atoms with E-state index in [2.05, 4.69) is 36.5 Å². The SMILES string of the molecule is CCc1cccc(C2(CNC)CC2)c1. The predicted octanol–water partition coefficient (Wildman–Crippen LogP) is 2.50. The molecule has 0 heterocycles. The van der Waals surface area contributed by atoms with Gasteiger partial charge >= 0.3 is 0 Å². The fraction of sp³-hybridized carbons (Fsp3) is 0.538. The van der Waals surface area contributed by atoms with Gasteiger partial charge in [0.05, 0.1) is 0 Å². The summed E-state index contributed by atoms with van der Waals surface area (Å²) in [6.07, 6.45) is 3.84. The van der Waals surface area contributed by atoms with Crippen molar-refractivity contribution in [2.75, 3.05) is 13.6 Å². The van der Waals surface area contributed by atoms with E-state index in [1.165, 1.54) is 24.0 Å². The summed E-state index contributed by atoms with van der Waals surface area (Å²) in [5.74, 6) is 0. The molecule has 1 saturated carbocycles. The molecule has 1 nitrogen and oxygen atoms in total. The Kier molecular flexibility index (Phi) is 2.60. The maximum Gasteiger partial charge on any atom is 0.00784 e. The Labute approximate surface area is 86.5 Å². The molecule has 1 aliphatic rings. The standard InChI is InChI=1S/C13H19N/c1-3-11-5-4-6-12(9-11)13(7-8-13)10-14-2/h4-6,9,14H,3,7-8,10H2,1-2H3. The Hall–Kier alpha value is -0.820. The third-order valence-electron chi connectivity index (χ3n) is 3.32. The molecule has 14 heavy (non-hydrogen) atoms. The van der Waals surface area contributed by atoms with Crippen molar-refractivity contribution in [3.8, 4) is 0 Å². The van der Waals surface area contributed by atoms with Gasteiger partial charge in [0.15, 0.2) is 0 Å². The average molecular weight is 189 g/mol. The van der Waals surface area contributed by atoms with E-state index in [0.717, 1.165) is 13.0 Å². The molecule has 0 spiro atoms. The highest BCUT2D eigenvalue weighted by Gasteiger charge is 2.43. The number of benzene rings is 1. The fourth-order valence-corrected chi connectivity index (χ4v) is 2.18. The van der Waals surface area contributed by atoms with Crippen molar-refractivity contribution in [1.82, 2.24) is 5.32 Å². The lowest BCUT2D eigenvalue weighted by Crippen LogP contribution is -2.23. The number of nitrogens with one attached hydrogen (secondary N) is 1. The summed E-state index contributed by atoms with van der Waals surface area (Å²) >= 11 is 0. The first-order valence-corrected chi connectivity index (χ1v) is 5.55. The molecule has 0 bridgehead atoms. The number of hydrogen-bond donors (Lipinski definition) is 1. The Balaban J connectivity index is 2.23. The maximum absolute atomic E-state index is 3.31. The molecule has 1 fully saturated rings. The van der Waals surface area contributed by atoms with Crippen molar-refractivity contribution in [2.24, 2.45) is 0 Å². The summed E-state index contributed by atoms with van der Waals surface area (Å²) in [5.41, 5.74) is 3.47. The highest BCUT2D eigenvalue weighted by Crippen LogP contribution is 2.47. The van der Waals surface area contributed by atoms with Crippen LogP contribution in [0.2, 0.25) is 0 Å². The first kappa shape index (κ1) is 9.72. The molecule has 76 valence electrons. The zero-order valence-corrected chi connectivity index (χ0v) is 9.14. The monoisotopic (exact) mass is 189 g/mol. The molecule has 0 unspecified atom stereocenters. The lowest BCUT2D eigenvalue weighted by Gasteiger charge is -2.15. The van der Waals surface area contributed by atoms with Crippen LogP contribution in [0, 0.1) is 0 Å². The second kappa shape index (κ2) is 3.74. The van der Waals surface area contributed by atoms with Crippen LogP contribution in [0.4, 0.5) is 0 Å². The molecular formula is C13H19N. The normalized spacial score (nSPS) is 18.1. The van der Waals surface area contributed by atoms with Crippen LogP contribution in [-0.2, 0) is 11.8 Å². The van der Waals surface area contributed by atoms with Gasteiger partial charge in [-0.2, -0.15) is 0 Å². The second-order valence-electron chi connectivity index (χ2n) is 4.36. The van der Waals surface area contributed by atoms with E-state index in [1.54, 1.807) is 0 Å². The molecule has 0 radical (unpaired) electrons. The van der Waals surface area contributed by atoms with Crippen molar-refractivity contribution in [1.29, 1.82) is 0 Å². The highest BCUT2D eigenvalue weighted by atomic mass is 14.8. The molecule has 1 N–H and O–H groups in total. The third kappa shape index (κ3) is 1.69. The number of rotatable bonds is 4. The number of hydrogen-bond acceptors (Lipinski definition) is 1. The van der Waals surface area contributed by atoms with Crippen LogP contribution >= 0.6 is 0 Å². The Morgan fingerprint density at radius 2 is 2.14 bits per heavy atom. The van der Waals surface area contributed by atoms with Crippen LogP contribution < -0.4 is 5.32 Å². The predicted molar refractivity (Wildman–Crippen MR) is 60.7 cm³/mol. The largest absolute Gasteiger partial charge is 0.319 e. The number of aryl methyl sites for hydroxylation is 1. The molecule has 1 aliphatic carbocycles. The minimum atomic E-state index is 0.472. The van der Waals surface area contributed by atoms with Gasteiger partial charge in [0.1, 0.15) is 0 Å². The second-order valence-corrected chi connectivity index (χ2v) is 4.36. The molecule has 2 rings (SSSR count). The van der Waals surface area contributed by atoms with E-state index in [1.807, 2.05) is 7.05 Å². The van der Waals surface area contributed by atoms with Gasteiger partial charge in [-0.05, 0) is 37.4 Å². The minimum Gasteiger partial charge on any atom is -0.319 e. The minimum absolute atomic E-state index is 0.472.